The Balaban J connectivity index is 2.96. The van der Waals surface area contributed by atoms with E-state index >= 15 is 0 Å². The molecule has 0 bridgehead atoms. The van der Waals surface area contributed by atoms with Crippen LogP contribution in [0.1, 0.15) is 12.5 Å². The van der Waals surface area contributed by atoms with Crippen LogP contribution in [0.3, 0.4) is 0 Å². The molecule has 0 aromatic heterocycles. The average Bonchev–Trinajstić information content (AvgIpc) is 2.27. The van der Waals surface area contributed by atoms with E-state index in [1.807, 2.05) is 49.3 Å². The number of carbonyl (C=O) groups is 1. The van der Waals surface area contributed by atoms with Crippen LogP contribution >= 0.6 is 0 Å². The fourth-order valence-electron chi connectivity index (χ4n) is 1.38. The van der Waals surface area contributed by atoms with E-state index in [1.54, 1.807) is 6.92 Å². The zero-order valence-corrected chi connectivity index (χ0v) is 9.93. The molecule has 0 heterocycles. The van der Waals surface area contributed by atoms with Gasteiger partial charge >= 0.3 is 5.97 Å². The quantitative estimate of drug-likeness (QED) is 0.574. The van der Waals surface area contributed by atoms with Crippen LogP contribution in [0.15, 0.2) is 36.4 Å². The number of nitrogens with zero attached hydrogens (tertiary/aromatic N) is 1. The number of benzene rings is 1. The van der Waals surface area contributed by atoms with Gasteiger partial charge in [0.25, 0.3) is 0 Å². The van der Waals surface area contributed by atoms with Gasteiger partial charge in [-0.25, -0.2) is 4.79 Å². The van der Waals surface area contributed by atoms with E-state index in [2.05, 4.69) is 0 Å². The Labute approximate surface area is 96.3 Å². The third-order valence-corrected chi connectivity index (χ3v) is 2.09. The Morgan fingerprint density at radius 2 is 1.94 bits per heavy atom. The zero-order valence-electron chi connectivity index (χ0n) is 9.93. The van der Waals surface area contributed by atoms with Gasteiger partial charge in [0.2, 0.25) is 0 Å². The number of hydrogen-bond donors (Lipinski definition) is 0. The molecule has 3 heteroatoms. The summed E-state index contributed by atoms with van der Waals surface area (Å²) in [6.45, 7) is 2.19. The summed E-state index contributed by atoms with van der Waals surface area (Å²) in [5.74, 6) is -0.310. The highest BCUT2D eigenvalue weighted by Gasteiger charge is 2.06. The molecule has 1 rings (SSSR count). The van der Waals surface area contributed by atoms with Crippen molar-refractivity contribution in [2.75, 3.05) is 20.7 Å². The molecule has 1 aromatic carbocycles. The van der Waals surface area contributed by atoms with Gasteiger partial charge < -0.3 is 9.64 Å². The predicted octanol–water partition coefficient (Wildman–Crippen LogP) is 2.15. The summed E-state index contributed by atoms with van der Waals surface area (Å²) >= 11 is 0. The lowest BCUT2D eigenvalue weighted by molar-refractivity contribution is -0.137. The van der Waals surface area contributed by atoms with Gasteiger partial charge in [-0.2, -0.15) is 0 Å². The van der Waals surface area contributed by atoms with Crippen LogP contribution in [0.4, 0.5) is 0 Å². The number of hydrogen-bond acceptors (Lipinski definition) is 3. The molecule has 0 aliphatic heterocycles. The molecular weight excluding hydrogens is 202 g/mol. The van der Waals surface area contributed by atoms with E-state index in [-0.39, 0.29) is 5.97 Å². The van der Waals surface area contributed by atoms with Gasteiger partial charge in [0.05, 0.1) is 12.3 Å². The molecular formula is C13H17NO2. The van der Waals surface area contributed by atoms with Crippen molar-refractivity contribution in [2.45, 2.75) is 6.92 Å². The van der Waals surface area contributed by atoms with Crippen LogP contribution in [0.2, 0.25) is 0 Å². The summed E-state index contributed by atoms with van der Waals surface area (Å²) in [7, 11) is 3.80. The average molecular weight is 219 g/mol. The first-order valence-electron chi connectivity index (χ1n) is 5.26. The van der Waals surface area contributed by atoms with Gasteiger partial charge in [-0.15, -0.1) is 0 Å². The molecule has 0 fully saturated rings. The number of rotatable bonds is 4. The second kappa shape index (κ2) is 5.95. The summed E-state index contributed by atoms with van der Waals surface area (Å²) in [4.78, 5) is 13.3. The lowest BCUT2D eigenvalue weighted by Gasteiger charge is -2.17. The Kier molecular flexibility index (Phi) is 4.58. The van der Waals surface area contributed by atoms with E-state index in [0.29, 0.717) is 6.61 Å². The largest absolute Gasteiger partial charge is 0.463 e. The van der Waals surface area contributed by atoms with E-state index in [0.717, 1.165) is 11.3 Å². The minimum atomic E-state index is -0.310. The fourth-order valence-corrected chi connectivity index (χ4v) is 1.38. The van der Waals surface area contributed by atoms with E-state index in [9.17, 15) is 4.79 Å². The summed E-state index contributed by atoms with van der Waals surface area (Å²) in [6.07, 6.45) is 1.51. The van der Waals surface area contributed by atoms with Gasteiger partial charge in [-0.3, -0.25) is 0 Å². The minimum Gasteiger partial charge on any atom is -0.463 e. The molecule has 0 amide bonds. The van der Waals surface area contributed by atoms with Crippen LogP contribution in [0.25, 0.3) is 5.70 Å². The number of carbonyl (C=O) groups excluding carboxylic acids is 1. The summed E-state index contributed by atoms with van der Waals surface area (Å²) in [6, 6.07) is 9.76. The highest BCUT2D eigenvalue weighted by atomic mass is 16.5. The molecule has 16 heavy (non-hydrogen) atoms. The monoisotopic (exact) mass is 219 g/mol. The molecule has 86 valence electrons. The minimum absolute atomic E-state index is 0.310. The lowest BCUT2D eigenvalue weighted by Crippen LogP contribution is -2.12. The molecule has 0 aliphatic rings. The van der Waals surface area contributed by atoms with Crippen molar-refractivity contribution in [1.82, 2.24) is 4.90 Å². The maximum absolute atomic E-state index is 11.4. The predicted molar refractivity (Wildman–Crippen MR) is 64.7 cm³/mol. The van der Waals surface area contributed by atoms with Crippen molar-refractivity contribution in [3.05, 3.63) is 42.0 Å². The van der Waals surface area contributed by atoms with Crippen LogP contribution in [-0.4, -0.2) is 31.6 Å². The highest BCUT2D eigenvalue weighted by Crippen LogP contribution is 2.15. The molecule has 0 spiro atoms. The Morgan fingerprint density at radius 3 is 2.44 bits per heavy atom. The molecule has 0 saturated carbocycles. The van der Waals surface area contributed by atoms with E-state index in [1.165, 1.54) is 6.08 Å². The van der Waals surface area contributed by atoms with Crippen molar-refractivity contribution >= 4 is 11.7 Å². The summed E-state index contributed by atoms with van der Waals surface area (Å²) in [5.41, 5.74) is 1.85. The first-order valence-corrected chi connectivity index (χ1v) is 5.26. The topological polar surface area (TPSA) is 29.5 Å². The van der Waals surface area contributed by atoms with Crippen LogP contribution in [0, 0.1) is 0 Å². The fraction of sp³-hybridized carbons (Fsp3) is 0.308. The van der Waals surface area contributed by atoms with E-state index in [4.69, 9.17) is 4.74 Å². The maximum Gasteiger partial charge on any atom is 0.332 e. The Bertz CT molecular complexity index is 369. The van der Waals surface area contributed by atoms with Crippen molar-refractivity contribution < 1.29 is 9.53 Å². The molecule has 0 aliphatic carbocycles. The molecule has 3 nitrogen and oxygen atoms in total. The van der Waals surface area contributed by atoms with Gasteiger partial charge in [0.15, 0.2) is 0 Å². The zero-order chi connectivity index (χ0) is 12.0. The van der Waals surface area contributed by atoms with Crippen molar-refractivity contribution in [2.24, 2.45) is 0 Å². The molecule has 0 radical (unpaired) electrons. The number of esters is 1. The molecule has 0 atom stereocenters. The maximum atomic E-state index is 11.4. The highest BCUT2D eigenvalue weighted by molar-refractivity contribution is 5.90. The van der Waals surface area contributed by atoms with E-state index < -0.39 is 0 Å². The SMILES string of the molecule is CCOC(=O)/C=C(/c1ccccc1)N(C)C. The molecule has 1 aromatic rings. The van der Waals surface area contributed by atoms with Crippen LogP contribution in [-0.2, 0) is 9.53 Å². The Hall–Kier alpha value is -1.77. The molecule has 0 unspecified atom stereocenters. The first kappa shape index (κ1) is 12.3. The second-order valence-corrected chi connectivity index (χ2v) is 3.54. The first-order chi connectivity index (χ1) is 7.65. The standard InChI is InChI=1S/C13H17NO2/c1-4-16-13(15)10-12(14(2)3)11-8-6-5-7-9-11/h5-10H,4H2,1-3H3/b12-10-. The summed E-state index contributed by atoms with van der Waals surface area (Å²) in [5, 5.41) is 0. The molecule has 0 N–H and O–H groups in total. The third kappa shape index (κ3) is 3.42. The van der Waals surface area contributed by atoms with Gasteiger partial charge in [0.1, 0.15) is 0 Å². The lowest BCUT2D eigenvalue weighted by atomic mass is 10.1. The third-order valence-electron chi connectivity index (χ3n) is 2.09. The van der Waals surface area contributed by atoms with Crippen LogP contribution < -0.4 is 0 Å². The second-order valence-electron chi connectivity index (χ2n) is 3.54. The van der Waals surface area contributed by atoms with Crippen molar-refractivity contribution in [3.8, 4) is 0 Å². The summed E-state index contributed by atoms with van der Waals surface area (Å²) < 4.78 is 4.90. The normalized spacial score (nSPS) is 11.1. The van der Waals surface area contributed by atoms with Gasteiger partial charge in [-0.1, -0.05) is 30.3 Å². The Morgan fingerprint density at radius 1 is 1.31 bits per heavy atom. The van der Waals surface area contributed by atoms with Crippen molar-refractivity contribution in [3.63, 3.8) is 0 Å². The number of ether oxygens (including phenoxy) is 1. The van der Waals surface area contributed by atoms with Crippen LogP contribution in [0.5, 0.6) is 0 Å². The van der Waals surface area contributed by atoms with Crippen molar-refractivity contribution in [1.29, 1.82) is 0 Å². The molecule has 0 saturated heterocycles. The smallest absolute Gasteiger partial charge is 0.332 e. The van der Waals surface area contributed by atoms with Gasteiger partial charge in [0, 0.05) is 20.2 Å². The van der Waals surface area contributed by atoms with Gasteiger partial charge in [-0.05, 0) is 12.5 Å².